The van der Waals surface area contributed by atoms with Gasteiger partial charge in [0.1, 0.15) is 0 Å². The second-order valence-corrected chi connectivity index (χ2v) is 4.02. The van der Waals surface area contributed by atoms with Crippen LogP contribution in [0.15, 0.2) is 30.3 Å². The van der Waals surface area contributed by atoms with Gasteiger partial charge < -0.3 is 9.47 Å². The van der Waals surface area contributed by atoms with Crippen molar-refractivity contribution in [2.75, 3.05) is 6.61 Å². The molecular formula is C13H20O2. The number of benzene rings is 1. The van der Waals surface area contributed by atoms with Crippen LogP contribution in [0.25, 0.3) is 0 Å². The van der Waals surface area contributed by atoms with E-state index in [0.29, 0.717) is 6.61 Å². The Morgan fingerprint density at radius 1 is 1.07 bits per heavy atom. The standard InChI is InChI=1S/C13H20O2/c1-4-10-14-13(2,3)15-11-12-8-6-5-7-9-12/h5-9H,4,10-11H2,1-3H3. The third-order valence-corrected chi connectivity index (χ3v) is 2.08. The third kappa shape index (κ3) is 4.96. The summed E-state index contributed by atoms with van der Waals surface area (Å²) in [4.78, 5) is 0. The van der Waals surface area contributed by atoms with Crippen LogP contribution in [0, 0.1) is 0 Å². The van der Waals surface area contributed by atoms with Crippen molar-refractivity contribution in [3.8, 4) is 0 Å². The number of hydrogen-bond donors (Lipinski definition) is 0. The molecule has 0 atom stereocenters. The molecule has 0 radical (unpaired) electrons. The van der Waals surface area contributed by atoms with E-state index in [2.05, 4.69) is 19.1 Å². The smallest absolute Gasteiger partial charge is 0.163 e. The maximum atomic E-state index is 5.70. The van der Waals surface area contributed by atoms with Crippen LogP contribution >= 0.6 is 0 Å². The Morgan fingerprint density at radius 3 is 2.33 bits per heavy atom. The predicted octanol–water partition coefficient (Wildman–Crippen LogP) is 3.37. The fourth-order valence-electron chi connectivity index (χ4n) is 1.22. The second kappa shape index (κ2) is 5.89. The molecule has 0 aliphatic rings. The van der Waals surface area contributed by atoms with Gasteiger partial charge in [0.2, 0.25) is 0 Å². The fourth-order valence-corrected chi connectivity index (χ4v) is 1.22. The van der Waals surface area contributed by atoms with Crippen LogP contribution in [0.4, 0.5) is 0 Å². The van der Waals surface area contributed by atoms with Gasteiger partial charge in [-0.1, -0.05) is 37.3 Å². The highest BCUT2D eigenvalue weighted by molar-refractivity contribution is 5.13. The summed E-state index contributed by atoms with van der Waals surface area (Å²) in [5, 5.41) is 0. The zero-order valence-corrected chi connectivity index (χ0v) is 9.82. The molecule has 0 saturated carbocycles. The van der Waals surface area contributed by atoms with Gasteiger partial charge in [-0.3, -0.25) is 0 Å². The first kappa shape index (κ1) is 12.2. The molecule has 0 N–H and O–H groups in total. The summed E-state index contributed by atoms with van der Waals surface area (Å²) < 4.78 is 11.3. The van der Waals surface area contributed by atoms with Gasteiger partial charge in [-0.05, 0) is 25.8 Å². The molecule has 2 nitrogen and oxygen atoms in total. The molecule has 0 unspecified atom stereocenters. The first-order valence-corrected chi connectivity index (χ1v) is 5.46. The molecule has 0 bridgehead atoms. The van der Waals surface area contributed by atoms with E-state index < -0.39 is 5.79 Å². The van der Waals surface area contributed by atoms with Gasteiger partial charge in [0.25, 0.3) is 0 Å². The maximum Gasteiger partial charge on any atom is 0.163 e. The fraction of sp³-hybridized carbons (Fsp3) is 0.538. The largest absolute Gasteiger partial charge is 0.351 e. The Bertz CT molecular complexity index is 267. The molecule has 0 saturated heterocycles. The third-order valence-electron chi connectivity index (χ3n) is 2.08. The first-order chi connectivity index (χ1) is 7.14. The molecule has 0 aromatic heterocycles. The van der Waals surface area contributed by atoms with Gasteiger partial charge in [0.15, 0.2) is 5.79 Å². The molecule has 0 heterocycles. The maximum absolute atomic E-state index is 5.70. The molecule has 84 valence electrons. The first-order valence-electron chi connectivity index (χ1n) is 5.46. The minimum absolute atomic E-state index is 0.494. The highest BCUT2D eigenvalue weighted by Crippen LogP contribution is 2.14. The molecule has 0 aliphatic carbocycles. The van der Waals surface area contributed by atoms with Gasteiger partial charge in [0, 0.05) is 6.61 Å². The minimum atomic E-state index is -0.494. The minimum Gasteiger partial charge on any atom is -0.351 e. The molecule has 0 spiro atoms. The highest BCUT2D eigenvalue weighted by Gasteiger charge is 2.17. The Labute approximate surface area is 92.2 Å². The lowest BCUT2D eigenvalue weighted by molar-refractivity contribution is -0.219. The summed E-state index contributed by atoms with van der Waals surface area (Å²) in [6.45, 7) is 7.32. The molecular weight excluding hydrogens is 188 g/mol. The van der Waals surface area contributed by atoms with Crippen LogP contribution < -0.4 is 0 Å². The second-order valence-electron chi connectivity index (χ2n) is 4.02. The molecule has 0 amide bonds. The van der Waals surface area contributed by atoms with E-state index in [-0.39, 0.29) is 0 Å². The monoisotopic (exact) mass is 208 g/mol. The van der Waals surface area contributed by atoms with E-state index in [1.54, 1.807) is 0 Å². The van der Waals surface area contributed by atoms with Crippen LogP contribution in [-0.4, -0.2) is 12.4 Å². The zero-order chi connectivity index (χ0) is 11.1. The quantitative estimate of drug-likeness (QED) is 0.667. The summed E-state index contributed by atoms with van der Waals surface area (Å²) in [5.74, 6) is -0.494. The van der Waals surface area contributed by atoms with Crippen LogP contribution in [0.5, 0.6) is 0 Å². The van der Waals surface area contributed by atoms with Crippen molar-refractivity contribution in [2.45, 2.75) is 39.6 Å². The summed E-state index contributed by atoms with van der Waals surface area (Å²) in [5.41, 5.74) is 1.17. The van der Waals surface area contributed by atoms with E-state index in [1.807, 2.05) is 32.0 Å². The van der Waals surface area contributed by atoms with Crippen LogP contribution in [-0.2, 0) is 16.1 Å². The Kier molecular flexibility index (Phi) is 4.79. The average Bonchev–Trinajstić information content (AvgIpc) is 2.25. The zero-order valence-electron chi connectivity index (χ0n) is 9.82. The van der Waals surface area contributed by atoms with E-state index >= 15 is 0 Å². The Morgan fingerprint density at radius 2 is 1.73 bits per heavy atom. The molecule has 0 aliphatic heterocycles. The van der Waals surface area contributed by atoms with Crippen molar-refractivity contribution < 1.29 is 9.47 Å². The molecule has 1 aromatic carbocycles. The predicted molar refractivity (Wildman–Crippen MR) is 61.6 cm³/mol. The summed E-state index contributed by atoms with van der Waals surface area (Å²) >= 11 is 0. The van der Waals surface area contributed by atoms with Gasteiger partial charge in [-0.15, -0.1) is 0 Å². The van der Waals surface area contributed by atoms with Gasteiger partial charge in [-0.2, -0.15) is 0 Å². The van der Waals surface area contributed by atoms with E-state index in [9.17, 15) is 0 Å². The van der Waals surface area contributed by atoms with Crippen LogP contribution in [0.1, 0.15) is 32.8 Å². The summed E-state index contributed by atoms with van der Waals surface area (Å²) in [6.07, 6.45) is 1.01. The van der Waals surface area contributed by atoms with E-state index in [4.69, 9.17) is 9.47 Å². The Hall–Kier alpha value is -0.860. The lowest BCUT2D eigenvalue weighted by Gasteiger charge is -2.25. The van der Waals surface area contributed by atoms with Gasteiger partial charge >= 0.3 is 0 Å². The normalized spacial score (nSPS) is 11.7. The lowest BCUT2D eigenvalue weighted by Crippen LogP contribution is -2.28. The average molecular weight is 208 g/mol. The van der Waals surface area contributed by atoms with Crippen molar-refractivity contribution >= 4 is 0 Å². The molecule has 2 heteroatoms. The van der Waals surface area contributed by atoms with Crippen molar-refractivity contribution in [1.29, 1.82) is 0 Å². The molecule has 1 aromatic rings. The SMILES string of the molecule is CCCOC(C)(C)OCc1ccccc1. The van der Waals surface area contributed by atoms with Crippen LogP contribution in [0.3, 0.4) is 0 Å². The van der Waals surface area contributed by atoms with Crippen molar-refractivity contribution in [3.63, 3.8) is 0 Å². The summed E-state index contributed by atoms with van der Waals surface area (Å²) in [6, 6.07) is 10.1. The van der Waals surface area contributed by atoms with Gasteiger partial charge in [0.05, 0.1) is 6.61 Å². The number of rotatable bonds is 6. The topological polar surface area (TPSA) is 18.5 Å². The van der Waals surface area contributed by atoms with Crippen molar-refractivity contribution in [3.05, 3.63) is 35.9 Å². The Balaban J connectivity index is 2.35. The molecule has 1 rings (SSSR count). The molecule has 0 fully saturated rings. The van der Waals surface area contributed by atoms with E-state index in [0.717, 1.165) is 13.0 Å². The number of hydrogen-bond acceptors (Lipinski definition) is 2. The van der Waals surface area contributed by atoms with Crippen molar-refractivity contribution in [1.82, 2.24) is 0 Å². The number of ether oxygens (including phenoxy) is 2. The lowest BCUT2D eigenvalue weighted by atomic mass is 10.2. The van der Waals surface area contributed by atoms with Crippen molar-refractivity contribution in [2.24, 2.45) is 0 Å². The van der Waals surface area contributed by atoms with Gasteiger partial charge in [-0.25, -0.2) is 0 Å². The van der Waals surface area contributed by atoms with Crippen LogP contribution in [0.2, 0.25) is 0 Å². The molecule has 15 heavy (non-hydrogen) atoms. The highest BCUT2D eigenvalue weighted by atomic mass is 16.7. The summed E-state index contributed by atoms with van der Waals surface area (Å²) in [7, 11) is 0. The van der Waals surface area contributed by atoms with E-state index in [1.165, 1.54) is 5.56 Å².